The van der Waals surface area contributed by atoms with Crippen molar-refractivity contribution in [1.82, 2.24) is 10.2 Å². The zero-order valence-electron chi connectivity index (χ0n) is 20.9. The lowest BCUT2D eigenvalue weighted by Gasteiger charge is -2.29. The molecule has 0 bridgehead atoms. The Hall–Kier alpha value is -2.60. The molecular weight excluding hydrogens is 575 g/mol. The minimum Gasteiger partial charge on any atom is -0.354 e. The lowest BCUT2D eigenvalue weighted by molar-refractivity contribution is -0.140. The summed E-state index contributed by atoms with van der Waals surface area (Å²) in [5.41, 5.74) is -0.315. The highest BCUT2D eigenvalue weighted by atomic mass is 79.9. The number of alkyl halides is 3. The van der Waals surface area contributed by atoms with E-state index in [0.29, 0.717) is 6.54 Å². The molecule has 0 radical (unpaired) electrons. The third-order valence-electron chi connectivity index (χ3n) is 5.57. The van der Waals surface area contributed by atoms with Crippen LogP contribution in [0.1, 0.15) is 44.2 Å². The molecule has 0 heterocycles. The van der Waals surface area contributed by atoms with Gasteiger partial charge in [0.2, 0.25) is 21.8 Å². The van der Waals surface area contributed by atoms with Gasteiger partial charge >= 0.3 is 6.18 Å². The van der Waals surface area contributed by atoms with Gasteiger partial charge in [0.15, 0.2) is 0 Å². The van der Waals surface area contributed by atoms with Gasteiger partial charge in [0.1, 0.15) is 6.04 Å². The first-order valence-corrected chi connectivity index (χ1v) is 14.3. The van der Waals surface area contributed by atoms with E-state index < -0.39 is 27.8 Å². The van der Waals surface area contributed by atoms with E-state index in [4.69, 9.17) is 0 Å². The monoisotopic (exact) mass is 605 g/mol. The second-order valence-corrected chi connectivity index (χ2v) is 11.4. The van der Waals surface area contributed by atoms with Crippen molar-refractivity contribution >= 4 is 43.5 Å². The lowest BCUT2D eigenvalue weighted by Crippen LogP contribution is -2.47. The van der Waals surface area contributed by atoms with Crippen LogP contribution in [0.15, 0.2) is 53.0 Å². The van der Waals surface area contributed by atoms with Crippen molar-refractivity contribution in [2.45, 2.75) is 51.9 Å². The summed E-state index contributed by atoms with van der Waals surface area (Å²) in [5.74, 6) is -0.691. The van der Waals surface area contributed by atoms with Gasteiger partial charge in [-0.2, -0.15) is 13.2 Å². The molecule has 37 heavy (non-hydrogen) atoms. The zero-order chi connectivity index (χ0) is 27.8. The van der Waals surface area contributed by atoms with Gasteiger partial charge in [-0.1, -0.05) is 41.1 Å². The molecule has 2 rings (SSSR count). The Morgan fingerprint density at radius 3 is 2.38 bits per heavy atom. The smallest absolute Gasteiger partial charge is 0.354 e. The summed E-state index contributed by atoms with van der Waals surface area (Å²) in [5, 5.41) is 2.78. The van der Waals surface area contributed by atoms with Crippen molar-refractivity contribution in [3.8, 4) is 0 Å². The molecule has 0 aliphatic heterocycles. The van der Waals surface area contributed by atoms with Gasteiger partial charge in [0.25, 0.3) is 0 Å². The van der Waals surface area contributed by atoms with E-state index in [1.165, 1.54) is 11.0 Å². The Morgan fingerprint density at radius 2 is 1.78 bits per heavy atom. The normalized spacial score (nSPS) is 12.6. The predicted octanol–water partition coefficient (Wildman–Crippen LogP) is 4.96. The molecule has 2 amide bonds. The SMILES string of the molecule is CCCNC(=O)C(C)N(Cc1cccc(Br)c1)C(=O)CCCN(c1cccc(C(F)(F)F)c1)S(C)(=O)=O. The number of anilines is 1. The van der Waals surface area contributed by atoms with Gasteiger partial charge < -0.3 is 10.2 Å². The highest BCUT2D eigenvalue weighted by Gasteiger charge is 2.32. The molecular formula is C25H31BrF3N3O4S. The second-order valence-electron chi connectivity index (χ2n) is 8.61. The van der Waals surface area contributed by atoms with Crippen molar-refractivity contribution in [2.24, 2.45) is 0 Å². The molecule has 0 aromatic heterocycles. The summed E-state index contributed by atoms with van der Waals surface area (Å²) < 4.78 is 65.8. The summed E-state index contributed by atoms with van der Waals surface area (Å²) in [6.07, 6.45) is -3.06. The van der Waals surface area contributed by atoms with Crippen LogP contribution in [-0.2, 0) is 32.3 Å². The Balaban J connectivity index is 2.20. The second kappa shape index (κ2) is 13.3. The van der Waals surface area contributed by atoms with E-state index in [-0.39, 0.29) is 43.4 Å². The first-order chi connectivity index (χ1) is 17.2. The average Bonchev–Trinajstić information content (AvgIpc) is 2.82. The van der Waals surface area contributed by atoms with E-state index in [1.807, 2.05) is 31.2 Å². The highest BCUT2D eigenvalue weighted by Crippen LogP contribution is 2.32. The van der Waals surface area contributed by atoms with E-state index >= 15 is 0 Å². The molecule has 7 nitrogen and oxygen atoms in total. The number of benzene rings is 2. The van der Waals surface area contributed by atoms with E-state index in [9.17, 15) is 31.2 Å². The number of nitrogens with zero attached hydrogens (tertiary/aromatic N) is 2. The topological polar surface area (TPSA) is 86.8 Å². The number of nitrogens with one attached hydrogen (secondary N) is 1. The number of rotatable bonds is 12. The molecule has 0 aliphatic carbocycles. The maximum atomic E-state index is 13.2. The molecule has 2 aromatic carbocycles. The van der Waals surface area contributed by atoms with E-state index in [0.717, 1.165) is 45.2 Å². The Kier molecular flexibility index (Phi) is 11.0. The molecule has 12 heteroatoms. The highest BCUT2D eigenvalue weighted by molar-refractivity contribution is 9.10. The van der Waals surface area contributed by atoms with Crippen LogP contribution < -0.4 is 9.62 Å². The zero-order valence-corrected chi connectivity index (χ0v) is 23.3. The average molecular weight is 607 g/mol. The molecule has 1 N–H and O–H groups in total. The number of amides is 2. The Bertz CT molecular complexity index is 1190. The van der Waals surface area contributed by atoms with Crippen LogP contribution >= 0.6 is 15.9 Å². The fourth-order valence-corrected chi connectivity index (χ4v) is 5.06. The molecule has 1 unspecified atom stereocenters. The van der Waals surface area contributed by atoms with E-state index in [1.54, 1.807) is 6.92 Å². The van der Waals surface area contributed by atoms with Crippen LogP contribution in [0.3, 0.4) is 0 Å². The number of hydrogen-bond acceptors (Lipinski definition) is 4. The summed E-state index contributed by atoms with van der Waals surface area (Å²) >= 11 is 3.39. The minimum atomic E-state index is -4.63. The fourth-order valence-electron chi connectivity index (χ4n) is 3.65. The van der Waals surface area contributed by atoms with Crippen LogP contribution in [0, 0.1) is 0 Å². The van der Waals surface area contributed by atoms with Crippen LogP contribution in [0.25, 0.3) is 0 Å². The Morgan fingerprint density at radius 1 is 1.11 bits per heavy atom. The molecule has 0 spiro atoms. The van der Waals surface area contributed by atoms with Crippen LogP contribution in [0.2, 0.25) is 0 Å². The maximum absolute atomic E-state index is 13.2. The number of carbonyl (C=O) groups excluding carboxylic acids is 2. The van der Waals surface area contributed by atoms with Gasteiger partial charge in [-0.3, -0.25) is 13.9 Å². The van der Waals surface area contributed by atoms with Gasteiger partial charge in [-0.15, -0.1) is 0 Å². The maximum Gasteiger partial charge on any atom is 0.416 e. The molecule has 1 atom stereocenters. The largest absolute Gasteiger partial charge is 0.416 e. The molecule has 0 aliphatic rings. The van der Waals surface area contributed by atoms with Gasteiger partial charge in [0, 0.05) is 30.5 Å². The number of carbonyl (C=O) groups is 2. The molecule has 0 saturated heterocycles. The quantitative estimate of drug-likeness (QED) is 0.370. The summed E-state index contributed by atoms with van der Waals surface area (Å²) in [6.45, 7) is 3.94. The van der Waals surface area contributed by atoms with Gasteiger partial charge in [0.05, 0.1) is 17.5 Å². The number of hydrogen-bond donors (Lipinski definition) is 1. The minimum absolute atomic E-state index is 0.0421. The summed E-state index contributed by atoms with van der Waals surface area (Å²) in [6, 6.07) is 10.5. The molecule has 0 fully saturated rings. The fraction of sp³-hybridized carbons (Fsp3) is 0.440. The van der Waals surface area contributed by atoms with Crippen molar-refractivity contribution in [2.75, 3.05) is 23.7 Å². The molecule has 204 valence electrons. The van der Waals surface area contributed by atoms with Crippen molar-refractivity contribution < 1.29 is 31.2 Å². The molecule has 2 aromatic rings. The third-order valence-corrected chi connectivity index (χ3v) is 7.26. The first kappa shape index (κ1) is 30.6. The summed E-state index contributed by atoms with van der Waals surface area (Å²) in [7, 11) is -3.92. The predicted molar refractivity (Wildman–Crippen MR) is 140 cm³/mol. The van der Waals surface area contributed by atoms with Crippen molar-refractivity contribution in [1.29, 1.82) is 0 Å². The number of halogens is 4. The standard InChI is InChI=1S/C25H31BrF3N3O4S/c1-4-13-30-24(34)18(2)31(17-19-8-5-10-21(26)15-19)23(33)12-7-14-32(37(3,35)36)22-11-6-9-20(16-22)25(27,28)29/h5-6,8-11,15-16,18H,4,7,12-14,17H2,1-3H3,(H,30,34). The van der Waals surface area contributed by atoms with E-state index in [2.05, 4.69) is 21.2 Å². The summed E-state index contributed by atoms with van der Waals surface area (Å²) in [4.78, 5) is 27.3. The van der Waals surface area contributed by atoms with Crippen LogP contribution in [0.4, 0.5) is 18.9 Å². The Labute approximate surface area is 224 Å². The van der Waals surface area contributed by atoms with Crippen molar-refractivity contribution in [3.05, 3.63) is 64.1 Å². The van der Waals surface area contributed by atoms with Crippen molar-refractivity contribution in [3.63, 3.8) is 0 Å². The molecule has 0 saturated carbocycles. The van der Waals surface area contributed by atoms with Crippen LogP contribution in [-0.4, -0.2) is 50.5 Å². The number of sulfonamides is 1. The first-order valence-electron chi connectivity index (χ1n) is 11.7. The van der Waals surface area contributed by atoms with Gasteiger partial charge in [-0.05, 0) is 55.7 Å². The van der Waals surface area contributed by atoms with Crippen LogP contribution in [0.5, 0.6) is 0 Å². The van der Waals surface area contributed by atoms with Gasteiger partial charge in [-0.25, -0.2) is 8.42 Å². The lowest BCUT2D eigenvalue weighted by atomic mass is 10.1. The third kappa shape index (κ3) is 9.33.